The number of hydrogen-bond acceptors (Lipinski definition) is 1. The van der Waals surface area contributed by atoms with Gasteiger partial charge in [0, 0.05) is 13.0 Å². The van der Waals surface area contributed by atoms with Crippen LogP contribution in [-0.4, -0.2) is 13.7 Å². The second kappa shape index (κ2) is 5.41. The van der Waals surface area contributed by atoms with Crippen LogP contribution in [0.5, 0.6) is 0 Å². The van der Waals surface area contributed by atoms with Crippen molar-refractivity contribution in [3.63, 3.8) is 0 Å². The first-order valence-electron chi connectivity index (χ1n) is 6.71. The Morgan fingerprint density at radius 3 is 2.53 bits per heavy atom. The van der Waals surface area contributed by atoms with Crippen molar-refractivity contribution in [2.75, 3.05) is 13.7 Å². The third-order valence-electron chi connectivity index (χ3n) is 3.76. The minimum Gasteiger partial charge on any atom is -0.380 e. The van der Waals surface area contributed by atoms with Crippen LogP contribution in [0.25, 0.3) is 0 Å². The van der Waals surface area contributed by atoms with E-state index in [1.54, 1.807) is 7.11 Å². The maximum atomic E-state index is 5.38. The number of methoxy groups -OCH3 is 1. The molecule has 0 saturated carbocycles. The Labute approximate surface area is 114 Å². The molecule has 0 fully saturated rings. The number of ether oxygens (including phenoxy) is 1. The summed E-state index contributed by atoms with van der Waals surface area (Å²) < 4.78 is 5.38. The number of fused-ring (bicyclic) bond motifs is 1. The van der Waals surface area contributed by atoms with Gasteiger partial charge in [-0.15, -0.1) is 0 Å². The van der Waals surface area contributed by atoms with Gasteiger partial charge in [-0.1, -0.05) is 60.7 Å². The van der Waals surface area contributed by atoms with Crippen molar-refractivity contribution in [1.29, 1.82) is 0 Å². The Kier molecular flexibility index (Phi) is 3.47. The summed E-state index contributed by atoms with van der Waals surface area (Å²) in [6.45, 7) is 0.702. The highest BCUT2D eigenvalue weighted by molar-refractivity contribution is 5.48. The molecule has 0 aliphatic heterocycles. The van der Waals surface area contributed by atoms with Gasteiger partial charge in [-0.25, -0.2) is 0 Å². The van der Waals surface area contributed by atoms with Gasteiger partial charge in [-0.05, 0) is 28.7 Å². The van der Waals surface area contributed by atoms with Crippen molar-refractivity contribution in [1.82, 2.24) is 0 Å². The van der Waals surface area contributed by atoms with Crippen LogP contribution >= 0.6 is 0 Å². The smallest absolute Gasteiger partial charge is 0.0682 e. The zero-order valence-corrected chi connectivity index (χ0v) is 11.2. The van der Waals surface area contributed by atoms with Crippen molar-refractivity contribution in [3.05, 3.63) is 82.9 Å². The van der Waals surface area contributed by atoms with Crippen molar-refractivity contribution >= 4 is 0 Å². The molecular weight excluding hydrogens is 232 g/mol. The average Bonchev–Trinajstić information content (AvgIpc) is 2.48. The SMILES string of the molecule is COCC1=CCc2ccccc2C1c1ccccc1. The highest BCUT2D eigenvalue weighted by Gasteiger charge is 2.24. The molecule has 2 aromatic rings. The first-order valence-corrected chi connectivity index (χ1v) is 6.71. The maximum absolute atomic E-state index is 5.38. The molecule has 19 heavy (non-hydrogen) atoms. The summed E-state index contributed by atoms with van der Waals surface area (Å²) in [7, 11) is 1.77. The minimum absolute atomic E-state index is 0.339. The van der Waals surface area contributed by atoms with Crippen LogP contribution in [0.2, 0.25) is 0 Å². The molecule has 0 bridgehead atoms. The second-order valence-electron chi connectivity index (χ2n) is 4.96. The minimum atomic E-state index is 0.339. The zero-order valence-electron chi connectivity index (χ0n) is 11.2. The number of allylic oxidation sites excluding steroid dienone is 1. The Balaban J connectivity index is 2.09. The predicted molar refractivity (Wildman–Crippen MR) is 78.4 cm³/mol. The van der Waals surface area contributed by atoms with E-state index >= 15 is 0 Å². The van der Waals surface area contributed by atoms with Crippen molar-refractivity contribution in [2.45, 2.75) is 12.3 Å². The molecule has 2 aromatic carbocycles. The van der Waals surface area contributed by atoms with Crippen LogP contribution in [0.15, 0.2) is 66.2 Å². The van der Waals surface area contributed by atoms with Crippen LogP contribution in [-0.2, 0) is 11.2 Å². The molecule has 1 atom stereocenters. The fraction of sp³-hybridized carbons (Fsp3) is 0.222. The van der Waals surface area contributed by atoms with Gasteiger partial charge in [0.15, 0.2) is 0 Å². The summed E-state index contributed by atoms with van der Waals surface area (Å²) in [6, 6.07) is 19.4. The summed E-state index contributed by atoms with van der Waals surface area (Å²) >= 11 is 0. The van der Waals surface area contributed by atoms with E-state index in [2.05, 4.69) is 60.7 Å². The Hall–Kier alpha value is -1.86. The zero-order chi connectivity index (χ0) is 13.1. The first-order chi connectivity index (χ1) is 9.40. The molecular formula is C18H18O. The van der Waals surface area contributed by atoms with E-state index in [0.29, 0.717) is 12.5 Å². The molecule has 1 aliphatic rings. The highest BCUT2D eigenvalue weighted by atomic mass is 16.5. The van der Waals surface area contributed by atoms with E-state index in [4.69, 9.17) is 4.74 Å². The van der Waals surface area contributed by atoms with Crippen molar-refractivity contribution in [3.8, 4) is 0 Å². The van der Waals surface area contributed by atoms with Crippen molar-refractivity contribution < 1.29 is 4.74 Å². The summed E-state index contributed by atoms with van der Waals surface area (Å²) in [5.74, 6) is 0.339. The van der Waals surface area contributed by atoms with Gasteiger partial charge in [0.05, 0.1) is 6.61 Å². The van der Waals surface area contributed by atoms with Crippen LogP contribution in [0, 0.1) is 0 Å². The Morgan fingerprint density at radius 1 is 1.00 bits per heavy atom. The Morgan fingerprint density at radius 2 is 1.74 bits per heavy atom. The van der Waals surface area contributed by atoms with E-state index in [1.807, 2.05) is 0 Å². The number of rotatable bonds is 3. The highest BCUT2D eigenvalue weighted by Crippen LogP contribution is 2.37. The van der Waals surface area contributed by atoms with Gasteiger partial charge in [0.2, 0.25) is 0 Å². The monoisotopic (exact) mass is 250 g/mol. The topological polar surface area (TPSA) is 9.23 Å². The van der Waals surface area contributed by atoms with Gasteiger partial charge < -0.3 is 4.74 Å². The fourth-order valence-electron chi connectivity index (χ4n) is 2.91. The first kappa shape index (κ1) is 12.2. The lowest BCUT2D eigenvalue weighted by molar-refractivity contribution is 0.221. The summed E-state index contributed by atoms with van der Waals surface area (Å²) in [6.07, 6.45) is 3.34. The average molecular weight is 250 g/mol. The Bertz CT molecular complexity index is 584. The molecule has 1 unspecified atom stereocenters. The molecule has 0 amide bonds. The molecule has 0 saturated heterocycles. The van der Waals surface area contributed by atoms with E-state index in [0.717, 1.165) is 6.42 Å². The molecule has 0 aromatic heterocycles. The predicted octanol–water partition coefficient (Wildman–Crippen LogP) is 3.95. The van der Waals surface area contributed by atoms with Gasteiger partial charge >= 0.3 is 0 Å². The second-order valence-corrected chi connectivity index (χ2v) is 4.96. The molecule has 0 spiro atoms. The van der Waals surface area contributed by atoms with Crippen molar-refractivity contribution in [2.24, 2.45) is 0 Å². The molecule has 1 aliphatic carbocycles. The lowest BCUT2D eigenvalue weighted by atomic mass is 9.78. The number of benzene rings is 2. The summed E-state index contributed by atoms with van der Waals surface area (Å²) in [4.78, 5) is 0. The van der Waals surface area contributed by atoms with Crippen LogP contribution in [0.3, 0.4) is 0 Å². The van der Waals surface area contributed by atoms with Gasteiger partial charge in [-0.3, -0.25) is 0 Å². The molecule has 1 heteroatoms. The standard InChI is InChI=1S/C18H18O/c1-19-13-16-12-11-14-7-5-6-10-17(14)18(16)15-8-3-2-4-9-15/h2-10,12,18H,11,13H2,1H3. The fourth-order valence-corrected chi connectivity index (χ4v) is 2.91. The van der Waals surface area contributed by atoms with Gasteiger partial charge in [0.25, 0.3) is 0 Å². The normalized spacial score (nSPS) is 17.7. The van der Waals surface area contributed by atoms with E-state index in [9.17, 15) is 0 Å². The molecule has 0 N–H and O–H groups in total. The lowest BCUT2D eigenvalue weighted by Gasteiger charge is -2.27. The summed E-state index contributed by atoms with van der Waals surface area (Å²) in [5, 5.41) is 0. The molecule has 0 radical (unpaired) electrons. The maximum Gasteiger partial charge on any atom is 0.0682 e. The molecule has 0 heterocycles. The quantitative estimate of drug-likeness (QED) is 0.749. The third-order valence-corrected chi connectivity index (χ3v) is 3.76. The largest absolute Gasteiger partial charge is 0.380 e. The van der Waals surface area contributed by atoms with E-state index in [-0.39, 0.29) is 0 Å². The molecule has 3 rings (SSSR count). The van der Waals surface area contributed by atoms with Gasteiger partial charge in [-0.2, -0.15) is 0 Å². The number of hydrogen-bond donors (Lipinski definition) is 0. The van der Waals surface area contributed by atoms with E-state index in [1.165, 1.54) is 22.3 Å². The summed E-state index contributed by atoms with van der Waals surface area (Å²) in [5.41, 5.74) is 5.56. The van der Waals surface area contributed by atoms with Crippen LogP contribution in [0.4, 0.5) is 0 Å². The van der Waals surface area contributed by atoms with Gasteiger partial charge in [0.1, 0.15) is 0 Å². The lowest BCUT2D eigenvalue weighted by Crippen LogP contribution is -2.15. The van der Waals surface area contributed by atoms with Crippen LogP contribution in [0.1, 0.15) is 22.6 Å². The van der Waals surface area contributed by atoms with Crippen LogP contribution < -0.4 is 0 Å². The third kappa shape index (κ3) is 2.34. The molecule has 1 nitrogen and oxygen atoms in total. The van der Waals surface area contributed by atoms with E-state index < -0.39 is 0 Å². The molecule has 96 valence electrons.